The number of methoxy groups -OCH3 is 1. The normalized spacial score (nSPS) is 18.2. The van der Waals surface area contributed by atoms with Crippen LogP contribution >= 0.6 is 0 Å². The van der Waals surface area contributed by atoms with Gasteiger partial charge in [-0.1, -0.05) is 12.1 Å². The molecule has 1 aliphatic heterocycles. The van der Waals surface area contributed by atoms with Crippen LogP contribution in [-0.2, 0) is 0 Å². The third-order valence-electron chi connectivity index (χ3n) is 3.91. The lowest BCUT2D eigenvalue weighted by Crippen LogP contribution is -2.42. The largest absolute Gasteiger partial charge is 0.496 e. The molecule has 1 aromatic rings. The summed E-state index contributed by atoms with van der Waals surface area (Å²) in [6, 6.07) is 7.59. The first-order valence-corrected chi connectivity index (χ1v) is 6.81. The minimum atomic E-state index is 0.0561. The lowest BCUT2D eigenvalue weighted by molar-refractivity contribution is 0.0677. The second-order valence-corrected chi connectivity index (χ2v) is 5.19. The van der Waals surface area contributed by atoms with Crippen LogP contribution in [0.5, 0.6) is 5.75 Å². The highest BCUT2D eigenvalue weighted by atomic mass is 16.5. The molecule has 1 aromatic carbocycles. The fourth-order valence-corrected chi connectivity index (χ4v) is 2.62. The van der Waals surface area contributed by atoms with Gasteiger partial charge in [-0.25, -0.2) is 0 Å². The first-order valence-electron chi connectivity index (χ1n) is 6.81. The Kier molecular flexibility index (Phi) is 4.43. The van der Waals surface area contributed by atoms with Crippen LogP contribution in [0.2, 0.25) is 0 Å². The number of rotatable bonds is 3. The van der Waals surface area contributed by atoms with E-state index in [1.165, 1.54) is 0 Å². The molecular weight excluding hydrogens is 240 g/mol. The molecule has 2 rings (SSSR count). The lowest BCUT2D eigenvalue weighted by atomic mass is 9.90. The second kappa shape index (κ2) is 6.06. The van der Waals surface area contributed by atoms with Gasteiger partial charge in [-0.2, -0.15) is 0 Å². The van der Waals surface area contributed by atoms with Crippen LogP contribution in [0.25, 0.3) is 0 Å². The Bertz CT molecular complexity index is 438. The van der Waals surface area contributed by atoms with E-state index in [1.807, 2.05) is 36.1 Å². The zero-order valence-electron chi connectivity index (χ0n) is 11.6. The Labute approximate surface area is 114 Å². The van der Waals surface area contributed by atoms with Crippen molar-refractivity contribution in [1.82, 2.24) is 4.90 Å². The fraction of sp³-hybridized carbons (Fsp3) is 0.533. The molecule has 0 bridgehead atoms. The summed E-state index contributed by atoms with van der Waals surface area (Å²) in [5.74, 6) is 1.23. The Morgan fingerprint density at radius 3 is 2.58 bits per heavy atom. The quantitative estimate of drug-likeness (QED) is 0.905. The van der Waals surface area contributed by atoms with Crippen LogP contribution in [0.3, 0.4) is 0 Å². The Morgan fingerprint density at radius 2 is 2.00 bits per heavy atom. The maximum atomic E-state index is 12.5. The molecule has 0 radical (unpaired) electrons. The molecular formula is C15H22N2O2. The summed E-state index contributed by atoms with van der Waals surface area (Å²) >= 11 is 0. The maximum Gasteiger partial charge on any atom is 0.257 e. The molecule has 1 atom stereocenters. The van der Waals surface area contributed by atoms with Gasteiger partial charge in [0.2, 0.25) is 0 Å². The fourth-order valence-electron chi connectivity index (χ4n) is 2.62. The Morgan fingerprint density at radius 1 is 1.37 bits per heavy atom. The summed E-state index contributed by atoms with van der Waals surface area (Å²) in [4.78, 5) is 14.4. The van der Waals surface area contributed by atoms with Crippen LogP contribution in [-0.4, -0.2) is 37.0 Å². The van der Waals surface area contributed by atoms with Crippen molar-refractivity contribution in [2.24, 2.45) is 11.7 Å². The van der Waals surface area contributed by atoms with Crippen LogP contribution in [0.4, 0.5) is 0 Å². The number of para-hydroxylation sites is 1. The van der Waals surface area contributed by atoms with Gasteiger partial charge >= 0.3 is 0 Å². The molecule has 1 fully saturated rings. The predicted octanol–water partition coefficient (Wildman–Crippen LogP) is 1.89. The SMILES string of the molecule is COc1ccccc1C(=O)N1CCC(C(C)N)CC1. The van der Waals surface area contributed by atoms with Gasteiger partial charge in [0.05, 0.1) is 12.7 Å². The van der Waals surface area contributed by atoms with E-state index in [9.17, 15) is 4.79 Å². The minimum absolute atomic E-state index is 0.0561. The molecule has 1 heterocycles. The number of amides is 1. The molecule has 0 aromatic heterocycles. The van der Waals surface area contributed by atoms with Crippen LogP contribution < -0.4 is 10.5 Å². The highest BCUT2D eigenvalue weighted by molar-refractivity contribution is 5.97. The average molecular weight is 262 g/mol. The number of likely N-dealkylation sites (tertiary alicyclic amines) is 1. The van der Waals surface area contributed by atoms with Gasteiger partial charge in [0, 0.05) is 19.1 Å². The molecule has 0 aliphatic carbocycles. The minimum Gasteiger partial charge on any atom is -0.496 e. The number of carbonyl (C=O) groups excluding carboxylic acids is 1. The molecule has 0 spiro atoms. The topological polar surface area (TPSA) is 55.6 Å². The van der Waals surface area contributed by atoms with Gasteiger partial charge in [-0.3, -0.25) is 4.79 Å². The molecule has 104 valence electrons. The number of nitrogens with zero attached hydrogens (tertiary/aromatic N) is 1. The molecule has 19 heavy (non-hydrogen) atoms. The van der Waals surface area contributed by atoms with Gasteiger partial charge in [0.15, 0.2) is 0 Å². The van der Waals surface area contributed by atoms with Crippen molar-refractivity contribution in [3.8, 4) is 5.75 Å². The molecule has 4 heteroatoms. The van der Waals surface area contributed by atoms with Crippen molar-refractivity contribution in [2.75, 3.05) is 20.2 Å². The van der Waals surface area contributed by atoms with Crippen molar-refractivity contribution >= 4 is 5.91 Å². The van der Waals surface area contributed by atoms with Crippen molar-refractivity contribution < 1.29 is 9.53 Å². The Hall–Kier alpha value is -1.55. The molecule has 1 amide bonds. The third-order valence-corrected chi connectivity index (χ3v) is 3.91. The highest BCUT2D eigenvalue weighted by Gasteiger charge is 2.26. The standard InChI is InChI=1S/C15H22N2O2/c1-11(16)12-7-9-17(10-8-12)15(18)13-5-3-4-6-14(13)19-2/h3-6,11-12H,7-10,16H2,1-2H3. The van der Waals surface area contributed by atoms with Crippen molar-refractivity contribution in [1.29, 1.82) is 0 Å². The van der Waals surface area contributed by atoms with Gasteiger partial charge in [-0.15, -0.1) is 0 Å². The number of hydrogen-bond acceptors (Lipinski definition) is 3. The first-order chi connectivity index (χ1) is 9.13. The Balaban J connectivity index is 2.05. The van der Waals surface area contributed by atoms with E-state index in [0.717, 1.165) is 25.9 Å². The summed E-state index contributed by atoms with van der Waals surface area (Å²) in [6.07, 6.45) is 1.97. The molecule has 1 aliphatic rings. The zero-order chi connectivity index (χ0) is 13.8. The summed E-state index contributed by atoms with van der Waals surface area (Å²) in [5.41, 5.74) is 6.56. The highest BCUT2D eigenvalue weighted by Crippen LogP contribution is 2.24. The molecule has 0 saturated carbocycles. The predicted molar refractivity (Wildman–Crippen MR) is 75.3 cm³/mol. The number of hydrogen-bond donors (Lipinski definition) is 1. The lowest BCUT2D eigenvalue weighted by Gasteiger charge is -2.34. The first kappa shape index (κ1) is 13.9. The molecule has 1 unspecified atom stereocenters. The van der Waals surface area contributed by atoms with Crippen LogP contribution in [0.1, 0.15) is 30.1 Å². The van der Waals surface area contributed by atoms with Gasteiger partial charge in [0.25, 0.3) is 5.91 Å². The smallest absolute Gasteiger partial charge is 0.257 e. The zero-order valence-corrected chi connectivity index (χ0v) is 11.6. The van der Waals surface area contributed by atoms with Gasteiger partial charge < -0.3 is 15.4 Å². The monoisotopic (exact) mass is 262 g/mol. The van der Waals surface area contributed by atoms with Crippen molar-refractivity contribution in [3.63, 3.8) is 0 Å². The van der Waals surface area contributed by atoms with E-state index in [4.69, 9.17) is 10.5 Å². The van der Waals surface area contributed by atoms with E-state index < -0.39 is 0 Å². The summed E-state index contributed by atoms with van der Waals surface area (Å²) in [7, 11) is 1.59. The van der Waals surface area contributed by atoms with E-state index in [-0.39, 0.29) is 11.9 Å². The second-order valence-electron chi connectivity index (χ2n) is 5.19. The van der Waals surface area contributed by atoms with Gasteiger partial charge in [0.1, 0.15) is 5.75 Å². The van der Waals surface area contributed by atoms with E-state index in [0.29, 0.717) is 17.2 Å². The molecule has 2 N–H and O–H groups in total. The summed E-state index contributed by atoms with van der Waals surface area (Å²) in [5, 5.41) is 0. The number of ether oxygens (including phenoxy) is 1. The van der Waals surface area contributed by atoms with Crippen molar-refractivity contribution in [3.05, 3.63) is 29.8 Å². The summed E-state index contributed by atoms with van der Waals surface area (Å²) < 4.78 is 5.25. The van der Waals surface area contributed by atoms with Crippen LogP contribution in [0.15, 0.2) is 24.3 Å². The van der Waals surface area contributed by atoms with E-state index in [2.05, 4.69) is 0 Å². The molecule has 1 saturated heterocycles. The van der Waals surface area contributed by atoms with Crippen LogP contribution in [0, 0.1) is 5.92 Å². The number of piperidine rings is 1. The number of benzene rings is 1. The summed E-state index contributed by atoms with van der Waals surface area (Å²) in [6.45, 7) is 3.61. The average Bonchev–Trinajstić information content (AvgIpc) is 2.46. The van der Waals surface area contributed by atoms with E-state index in [1.54, 1.807) is 7.11 Å². The van der Waals surface area contributed by atoms with E-state index >= 15 is 0 Å². The number of carbonyl (C=O) groups is 1. The number of nitrogens with two attached hydrogens (primary N) is 1. The molecule has 4 nitrogen and oxygen atoms in total. The van der Waals surface area contributed by atoms with Crippen molar-refractivity contribution in [2.45, 2.75) is 25.8 Å². The maximum absolute atomic E-state index is 12.5. The van der Waals surface area contributed by atoms with Gasteiger partial charge in [-0.05, 0) is 37.8 Å². The third kappa shape index (κ3) is 3.07.